The maximum absolute atomic E-state index is 12.7. The van der Waals surface area contributed by atoms with Gasteiger partial charge < -0.3 is 5.32 Å². The van der Waals surface area contributed by atoms with Crippen molar-refractivity contribution in [1.29, 1.82) is 0 Å². The Morgan fingerprint density at radius 3 is 2.26 bits per heavy atom. The summed E-state index contributed by atoms with van der Waals surface area (Å²) in [5.74, 6) is -0.0880. The third-order valence-corrected chi connectivity index (χ3v) is 6.87. The summed E-state index contributed by atoms with van der Waals surface area (Å²) in [7, 11) is -3.64. The van der Waals surface area contributed by atoms with Gasteiger partial charge in [0, 0.05) is 24.0 Å². The second-order valence-corrected chi connectivity index (χ2v) is 9.39. The fraction of sp³-hybridized carbons (Fsp3) is 0.208. The normalized spacial score (nSPS) is 12.3. The Kier molecular flexibility index (Phi) is 7.85. The van der Waals surface area contributed by atoms with Crippen LogP contribution in [0.1, 0.15) is 36.1 Å². The number of hydrogen-bond donors (Lipinski definition) is 2. The van der Waals surface area contributed by atoms with Crippen LogP contribution in [0.4, 0.5) is 0 Å². The lowest BCUT2D eigenvalue weighted by molar-refractivity contribution is -0.121. The van der Waals surface area contributed by atoms with Gasteiger partial charge in [-0.15, -0.1) is 0 Å². The summed E-state index contributed by atoms with van der Waals surface area (Å²) in [6.45, 7) is 2.18. The molecule has 31 heavy (non-hydrogen) atoms. The zero-order chi connectivity index (χ0) is 22.3. The molecule has 2 N–H and O–H groups in total. The molecule has 3 aromatic rings. The van der Waals surface area contributed by atoms with Crippen LogP contribution in [0.3, 0.4) is 0 Å². The number of amides is 1. The van der Waals surface area contributed by atoms with Crippen LogP contribution in [0.2, 0.25) is 5.02 Å². The molecule has 3 aromatic carbocycles. The van der Waals surface area contributed by atoms with E-state index in [1.165, 1.54) is 0 Å². The van der Waals surface area contributed by atoms with E-state index < -0.39 is 10.0 Å². The van der Waals surface area contributed by atoms with Crippen molar-refractivity contribution in [3.05, 3.63) is 101 Å². The summed E-state index contributed by atoms with van der Waals surface area (Å²) in [5.41, 5.74) is 2.65. The van der Waals surface area contributed by atoms with E-state index in [1.54, 1.807) is 30.3 Å². The number of aryl methyl sites for hydroxylation is 1. The number of rotatable bonds is 9. The molecule has 7 heteroatoms. The molecule has 0 spiro atoms. The predicted octanol–water partition coefficient (Wildman–Crippen LogP) is 4.63. The lowest BCUT2D eigenvalue weighted by atomic mass is 10.1. The highest BCUT2D eigenvalue weighted by molar-refractivity contribution is 7.89. The van der Waals surface area contributed by atoms with E-state index in [0.717, 1.165) is 16.7 Å². The SMILES string of the molecule is CC(NS(=O)(=O)c1ccc(CCC(=O)NCc2ccccc2Cl)cc1)c1ccccc1. The van der Waals surface area contributed by atoms with E-state index in [1.807, 2.05) is 55.5 Å². The Morgan fingerprint density at radius 1 is 0.935 bits per heavy atom. The van der Waals surface area contributed by atoms with Crippen LogP contribution in [0.15, 0.2) is 83.8 Å². The Morgan fingerprint density at radius 2 is 1.58 bits per heavy atom. The third-order valence-electron chi connectivity index (χ3n) is 4.94. The van der Waals surface area contributed by atoms with Crippen molar-refractivity contribution in [3.8, 4) is 0 Å². The standard InChI is InChI=1S/C24H25ClN2O3S/c1-18(20-7-3-2-4-8-20)27-31(29,30)22-14-11-19(12-15-22)13-16-24(28)26-17-21-9-5-6-10-23(21)25/h2-12,14-15,18,27H,13,16-17H2,1H3,(H,26,28). The number of nitrogens with one attached hydrogen (secondary N) is 2. The molecule has 0 aliphatic heterocycles. The molecule has 0 radical (unpaired) electrons. The molecule has 1 atom stereocenters. The van der Waals surface area contributed by atoms with Crippen LogP contribution in [-0.4, -0.2) is 14.3 Å². The van der Waals surface area contributed by atoms with Gasteiger partial charge in [0.1, 0.15) is 0 Å². The number of benzene rings is 3. The van der Waals surface area contributed by atoms with Crippen LogP contribution in [0.25, 0.3) is 0 Å². The van der Waals surface area contributed by atoms with E-state index in [0.29, 0.717) is 24.4 Å². The maximum Gasteiger partial charge on any atom is 0.241 e. The number of hydrogen-bond acceptors (Lipinski definition) is 3. The molecular formula is C24H25ClN2O3S. The lowest BCUT2D eigenvalue weighted by Gasteiger charge is -2.15. The molecule has 162 valence electrons. The number of carbonyl (C=O) groups excluding carboxylic acids is 1. The van der Waals surface area contributed by atoms with Gasteiger partial charge in [-0.1, -0.05) is 72.3 Å². The van der Waals surface area contributed by atoms with Crippen LogP contribution in [-0.2, 0) is 27.8 Å². The van der Waals surface area contributed by atoms with Gasteiger partial charge in [-0.2, -0.15) is 0 Å². The topological polar surface area (TPSA) is 75.3 Å². The quantitative estimate of drug-likeness (QED) is 0.493. The fourth-order valence-electron chi connectivity index (χ4n) is 3.13. The Bertz CT molecular complexity index is 1120. The van der Waals surface area contributed by atoms with Gasteiger partial charge in [0.2, 0.25) is 15.9 Å². The summed E-state index contributed by atoms with van der Waals surface area (Å²) in [4.78, 5) is 12.3. The van der Waals surface area contributed by atoms with E-state index in [9.17, 15) is 13.2 Å². The van der Waals surface area contributed by atoms with Crippen LogP contribution in [0, 0.1) is 0 Å². The number of carbonyl (C=O) groups is 1. The van der Waals surface area contributed by atoms with Crippen molar-refractivity contribution in [1.82, 2.24) is 10.0 Å². The first kappa shape index (κ1) is 23.0. The average molecular weight is 457 g/mol. The highest BCUT2D eigenvalue weighted by atomic mass is 35.5. The maximum atomic E-state index is 12.7. The minimum Gasteiger partial charge on any atom is -0.352 e. The molecule has 0 bridgehead atoms. The Balaban J connectivity index is 1.52. The van der Waals surface area contributed by atoms with Crippen LogP contribution < -0.4 is 10.0 Å². The molecule has 5 nitrogen and oxygen atoms in total. The van der Waals surface area contributed by atoms with Crippen molar-refractivity contribution < 1.29 is 13.2 Å². The van der Waals surface area contributed by atoms with Gasteiger partial charge in [-0.05, 0) is 48.2 Å². The Labute approximate surface area is 188 Å². The minimum atomic E-state index is -3.64. The third kappa shape index (κ3) is 6.66. The summed E-state index contributed by atoms with van der Waals surface area (Å²) in [6.07, 6.45) is 0.822. The van der Waals surface area contributed by atoms with Crippen molar-refractivity contribution in [2.45, 2.75) is 37.2 Å². The van der Waals surface area contributed by atoms with Gasteiger partial charge in [0.05, 0.1) is 4.90 Å². The van der Waals surface area contributed by atoms with E-state index in [-0.39, 0.29) is 16.8 Å². The van der Waals surface area contributed by atoms with E-state index >= 15 is 0 Å². The van der Waals surface area contributed by atoms with Gasteiger partial charge in [0.25, 0.3) is 0 Å². The molecule has 1 unspecified atom stereocenters. The second-order valence-electron chi connectivity index (χ2n) is 7.27. The molecule has 3 rings (SSSR count). The summed E-state index contributed by atoms with van der Waals surface area (Å²) < 4.78 is 28.0. The minimum absolute atomic E-state index is 0.0880. The average Bonchev–Trinajstić information content (AvgIpc) is 2.77. The van der Waals surface area contributed by atoms with Gasteiger partial charge >= 0.3 is 0 Å². The van der Waals surface area contributed by atoms with Gasteiger partial charge in [-0.3, -0.25) is 4.79 Å². The summed E-state index contributed by atoms with van der Waals surface area (Å²) >= 11 is 6.09. The summed E-state index contributed by atoms with van der Waals surface area (Å²) in [5, 5.41) is 3.47. The molecule has 0 heterocycles. The molecule has 0 fully saturated rings. The van der Waals surface area contributed by atoms with Crippen molar-refractivity contribution in [2.24, 2.45) is 0 Å². The molecule has 0 aliphatic carbocycles. The summed E-state index contributed by atoms with van der Waals surface area (Å²) in [6, 6.07) is 23.0. The number of sulfonamides is 1. The molecular weight excluding hydrogens is 432 g/mol. The van der Waals surface area contributed by atoms with Gasteiger partial charge in [-0.25, -0.2) is 13.1 Å². The number of halogens is 1. The van der Waals surface area contributed by atoms with Crippen molar-refractivity contribution >= 4 is 27.5 Å². The largest absolute Gasteiger partial charge is 0.352 e. The molecule has 1 amide bonds. The lowest BCUT2D eigenvalue weighted by Crippen LogP contribution is -2.26. The highest BCUT2D eigenvalue weighted by Gasteiger charge is 2.18. The molecule has 0 saturated heterocycles. The fourth-order valence-corrected chi connectivity index (χ4v) is 4.56. The van der Waals surface area contributed by atoms with E-state index in [2.05, 4.69) is 10.0 Å². The van der Waals surface area contributed by atoms with Crippen molar-refractivity contribution in [3.63, 3.8) is 0 Å². The van der Waals surface area contributed by atoms with Crippen molar-refractivity contribution in [2.75, 3.05) is 0 Å². The van der Waals surface area contributed by atoms with Crippen LogP contribution in [0.5, 0.6) is 0 Å². The monoisotopic (exact) mass is 456 g/mol. The zero-order valence-corrected chi connectivity index (χ0v) is 18.8. The highest BCUT2D eigenvalue weighted by Crippen LogP contribution is 2.18. The first-order valence-electron chi connectivity index (χ1n) is 10.0. The smallest absolute Gasteiger partial charge is 0.241 e. The van der Waals surface area contributed by atoms with Crippen LogP contribution >= 0.6 is 11.6 Å². The van der Waals surface area contributed by atoms with Gasteiger partial charge in [0.15, 0.2) is 0 Å². The Hall–Kier alpha value is -2.67. The predicted molar refractivity (Wildman–Crippen MR) is 123 cm³/mol. The van der Waals surface area contributed by atoms with E-state index in [4.69, 9.17) is 11.6 Å². The zero-order valence-electron chi connectivity index (χ0n) is 17.2. The first-order valence-corrected chi connectivity index (χ1v) is 11.9. The molecule has 0 aromatic heterocycles. The molecule has 0 aliphatic rings. The second kappa shape index (κ2) is 10.6. The molecule has 0 saturated carbocycles. The first-order chi connectivity index (χ1) is 14.8.